The molecule has 2 N–H and O–H groups in total. The molecule has 0 unspecified atom stereocenters. The van der Waals surface area contributed by atoms with Crippen LogP contribution in [0.1, 0.15) is 12.5 Å². The van der Waals surface area contributed by atoms with Gasteiger partial charge in [-0.25, -0.2) is 14.4 Å². The van der Waals surface area contributed by atoms with Crippen LogP contribution in [0.4, 0.5) is 10.2 Å². The Morgan fingerprint density at radius 3 is 2.91 bits per heavy atom. The van der Waals surface area contributed by atoms with Gasteiger partial charge in [0.25, 0.3) is 0 Å². The molecule has 0 saturated carbocycles. The highest BCUT2D eigenvalue weighted by atomic mass is 32.1. The van der Waals surface area contributed by atoms with Gasteiger partial charge in [0.15, 0.2) is 0 Å². The summed E-state index contributed by atoms with van der Waals surface area (Å²) in [7, 11) is 0. The first-order chi connectivity index (χ1) is 16.2. The molecule has 3 aromatic heterocycles. The van der Waals surface area contributed by atoms with Crippen molar-refractivity contribution in [2.45, 2.75) is 13.3 Å². The van der Waals surface area contributed by atoms with E-state index in [1.165, 1.54) is 17.7 Å². The zero-order chi connectivity index (χ0) is 22.6. The third-order valence-electron chi connectivity index (χ3n) is 5.12. The van der Waals surface area contributed by atoms with Crippen molar-refractivity contribution >= 4 is 27.2 Å². The first kappa shape index (κ1) is 21.0. The van der Waals surface area contributed by atoms with Crippen LogP contribution in [0.5, 0.6) is 5.75 Å². The Morgan fingerprint density at radius 2 is 2.06 bits per heavy atom. The van der Waals surface area contributed by atoms with Crippen molar-refractivity contribution in [1.82, 2.24) is 30.6 Å². The fourth-order valence-corrected chi connectivity index (χ4v) is 4.39. The smallest absolute Gasteiger partial charge is 0.208 e. The van der Waals surface area contributed by atoms with Gasteiger partial charge in [0.05, 0.1) is 22.6 Å². The second-order valence-electron chi connectivity index (χ2n) is 7.26. The number of ether oxygens (including phenoxy) is 1. The lowest BCUT2D eigenvalue weighted by Crippen LogP contribution is -2.07. The molecule has 166 valence electrons. The van der Waals surface area contributed by atoms with Gasteiger partial charge in [-0.15, -0.1) is 21.5 Å². The highest BCUT2D eigenvalue weighted by molar-refractivity contribution is 7.17. The molecule has 0 spiro atoms. The molecule has 0 atom stereocenters. The van der Waals surface area contributed by atoms with Crippen LogP contribution in [-0.4, -0.2) is 43.7 Å². The first-order valence-corrected chi connectivity index (χ1v) is 11.3. The lowest BCUT2D eigenvalue weighted by molar-refractivity contribution is 0.341. The van der Waals surface area contributed by atoms with Gasteiger partial charge in [0, 0.05) is 18.2 Å². The van der Waals surface area contributed by atoms with Crippen molar-refractivity contribution in [2.24, 2.45) is 0 Å². The second kappa shape index (κ2) is 9.29. The lowest BCUT2D eigenvalue weighted by Gasteiger charge is -2.11. The van der Waals surface area contributed by atoms with Crippen LogP contribution in [-0.2, 0) is 6.42 Å². The molecule has 0 aliphatic carbocycles. The number of halogens is 1. The van der Waals surface area contributed by atoms with Gasteiger partial charge in [-0.2, -0.15) is 5.21 Å². The number of fused-ring (bicyclic) bond motifs is 1. The third-order valence-corrected chi connectivity index (χ3v) is 6.05. The third kappa shape index (κ3) is 4.51. The van der Waals surface area contributed by atoms with E-state index in [9.17, 15) is 4.39 Å². The molecule has 0 fully saturated rings. The topological polar surface area (TPSA) is 101 Å². The predicted molar refractivity (Wildman–Crippen MR) is 126 cm³/mol. The number of thiophene rings is 1. The summed E-state index contributed by atoms with van der Waals surface area (Å²) < 4.78 is 20.7. The molecule has 0 bridgehead atoms. The van der Waals surface area contributed by atoms with Crippen LogP contribution >= 0.6 is 11.3 Å². The molecule has 2 aromatic carbocycles. The number of H-pyrrole nitrogens is 1. The van der Waals surface area contributed by atoms with E-state index < -0.39 is 0 Å². The molecule has 0 radical (unpaired) electrons. The summed E-state index contributed by atoms with van der Waals surface area (Å²) in [5, 5.41) is 20.3. The highest BCUT2D eigenvalue weighted by Crippen LogP contribution is 2.32. The summed E-state index contributed by atoms with van der Waals surface area (Å²) in [5.74, 6) is 1.64. The molecule has 5 aromatic rings. The van der Waals surface area contributed by atoms with E-state index in [1.54, 1.807) is 6.07 Å². The number of tetrazole rings is 1. The molecule has 0 aliphatic heterocycles. The van der Waals surface area contributed by atoms with E-state index in [-0.39, 0.29) is 5.82 Å². The highest BCUT2D eigenvalue weighted by Gasteiger charge is 2.13. The number of benzene rings is 2. The van der Waals surface area contributed by atoms with Crippen molar-refractivity contribution in [3.63, 3.8) is 0 Å². The fourth-order valence-electron chi connectivity index (χ4n) is 3.60. The lowest BCUT2D eigenvalue weighted by atomic mass is 10.1. The summed E-state index contributed by atoms with van der Waals surface area (Å²) in [4.78, 5) is 8.72. The van der Waals surface area contributed by atoms with Gasteiger partial charge in [0.2, 0.25) is 5.82 Å². The molecule has 0 aliphatic rings. The second-order valence-corrected chi connectivity index (χ2v) is 8.18. The van der Waals surface area contributed by atoms with Gasteiger partial charge in [-0.1, -0.05) is 12.1 Å². The first-order valence-electron chi connectivity index (χ1n) is 10.4. The molecular weight excluding hydrogens is 441 g/mol. The molecule has 33 heavy (non-hydrogen) atoms. The van der Waals surface area contributed by atoms with Crippen LogP contribution in [0.2, 0.25) is 0 Å². The molecule has 5 rings (SSSR count). The number of anilines is 1. The molecule has 0 saturated heterocycles. The van der Waals surface area contributed by atoms with E-state index in [2.05, 4.69) is 35.9 Å². The Morgan fingerprint density at radius 1 is 1.12 bits per heavy atom. The predicted octanol–water partition coefficient (Wildman–Crippen LogP) is 4.73. The Bertz CT molecular complexity index is 1390. The Kier molecular flexibility index (Phi) is 5.90. The summed E-state index contributed by atoms with van der Waals surface area (Å²) >= 11 is 1.42. The largest absolute Gasteiger partial charge is 0.493 e. The van der Waals surface area contributed by atoms with Gasteiger partial charge >= 0.3 is 0 Å². The maximum absolute atomic E-state index is 14.2. The van der Waals surface area contributed by atoms with Crippen molar-refractivity contribution in [3.05, 3.63) is 65.6 Å². The number of hydrogen-bond acceptors (Lipinski definition) is 8. The van der Waals surface area contributed by atoms with Gasteiger partial charge in [0.1, 0.15) is 23.7 Å². The minimum atomic E-state index is -0.170. The normalized spacial score (nSPS) is 11.1. The zero-order valence-corrected chi connectivity index (χ0v) is 18.6. The van der Waals surface area contributed by atoms with Crippen molar-refractivity contribution in [3.8, 4) is 28.4 Å². The van der Waals surface area contributed by atoms with Crippen LogP contribution in [0.3, 0.4) is 0 Å². The Balaban J connectivity index is 1.32. The number of nitrogens with one attached hydrogen (secondary N) is 2. The van der Waals surface area contributed by atoms with E-state index in [1.807, 2.05) is 48.7 Å². The monoisotopic (exact) mass is 461 g/mol. The van der Waals surface area contributed by atoms with Gasteiger partial charge in [-0.3, -0.25) is 0 Å². The van der Waals surface area contributed by atoms with Crippen molar-refractivity contribution in [2.75, 3.05) is 18.5 Å². The van der Waals surface area contributed by atoms with Crippen LogP contribution in [0, 0.1) is 5.82 Å². The standard InChI is InChI=1S/C23H20FN7OS/c1-2-32-20-11-15(3-4-17(20)23-28-30-31-29-23)19-12-21(27-13-26-19)25-7-5-14-9-16-6-8-33-22(16)18(24)10-14/h3-4,6,8-13H,2,5,7H2,1H3,(H,25,26,27)(H,28,29,30,31). The number of aromatic amines is 1. The zero-order valence-electron chi connectivity index (χ0n) is 17.7. The van der Waals surface area contributed by atoms with Crippen LogP contribution in [0.15, 0.2) is 54.2 Å². The molecule has 8 nitrogen and oxygen atoms in total. The summed E-state index contributed by atoms with van der Waals surface area (Å²) in [6, 6.07) is 13.2. The summed E-state index contributed by atoms with van der Waals surface area (Å²) in [6.45, 7) is 3.04. The Hall–Kier alpha value is -3.92. The summed E-state index contributed by atoms with van der Waals surface area (Å²) in [5.41, 5.74) is 3.31. The minimum Gasteiger partial charge on any atom is -0.493 e. The average molecular weight is 462 g/mol. The Labute approximate surface area is 192 Å². The van der Waals surface area contributed by atoms with E-state index in [0.717, 1.165) is 27.8 Å². The number of nitrogens with zero attached hydrogens (tertiary/aromatic N) is 5. The molecule has 10 heteroatoms. The van der Waals surface area contributed by atoms with Crippen LogP contribution in [0.25, 0.3) is 32.7 Å². The van der Waals surface area contributed by atoms with E-state index >= 15 is 0 Å². The summed E-state index contributed by atoms with van der Waals surface area (Å²) in [6.07, 6.45) is 2.19. The van der Waals surface area contributed by atoms with Gasteiger partial charge in [-0.05, 0) is 59.2 Å². The number of aromatic nitrogens is 6. The maximum atomic E-state index is 14.2. The average Bonchev–Trinajstić information content (AvgIpc) is 3.52. The number of rotatable bonds is 8. The molecule has 3 heterocycles. The maximum Gasteiger partial charge on any atom is 0.208 e. The fraction of sp³-hybridized carbons (Fsp3) is 0.174. The van der Waals surface area contributed by atoms with Crippen molar-refractivity contribution < 1.29 is 9.13 Å². The minimum absolute atomic E-state index is 0.170. The van der Waals surface area contributed by atoms with Crippen molar-refractivity contribution in [1.29, 1.82) is 0 Å². The quantitative estimate of drug-likeness (QED) is 0.344. The SMILES string of the molecule is CCOc1cc(-c2cc(NCCc3cc(F)c4sccc4c3)ncn2)ccc1-c1nn[nH]n1. The number of hydrogen-bond donors (Lipinski definition) is 2. The molecule has 0 amide bonds. The van der Waals surface area contributed by atoms with E-state index in [0.29, 0.717) is 41.7 Å². The van der Waals surface area contributed by atoms with Crippen LogP contribution < -0.4 is 10.1 Å². The van der Waals surface area contributed by atoms with E-state index in [4.69, 9.17) is 4.74 Å². The molecular formula is C23H20FN7OS. The van der Waals surface area contributed by atoms with Gasteiger partial charge < -0.3 is 10.1 Å².